The minimum absolute atomic E-state index is 0.676. The largest absolute Gasteiger partial charge is 0.467 e. The molecule has 6 heteroatoms. The highest BCUT2D eigenvalue weighted by atomic mass is 16.5. The Balaban J connectivity index is 2.67. The highest BCUT2D eigenvalue weighted by Crippen LogP contribution is 1.94. The summed E-state index contributed by atoms with van der Waals surface area (Å²) in [7, 11) is 1.14. The Bertz CT molecular complexity index is 225. The first-order chi connectivity index (χ1) is 5.15. The summed E-state index contributed by atoms with van der Waals surface area (Å²) in [5.41, 5.74) is 0. The standard InChI is InChI=1S/C5H6N2O4/c1-11-4(9)2-3(8)7-5(10)6-2/h2H,1H3,(H2,6,7,8,10). The van der Waals surface area contributed by atoms with E-state index in [0.29, 0.717) is 0 Å². The Morgan fingerprint density at radius 3 is 2.55 bits per heavy atom. The molecule has 6 nitrogen and oxygen atoms in total. The zero-order valence-electron chi connectivity index (χ0n) is 5.71. The van der Waals surface area contributed by atoms with Crippen LogP contribution < -0.4 is 10.6 Å². The maximum atomic E-state index is 10.7. The molecule has 0 bridgehead atoms. The first-order valence-electron chi connectivity index (χ1n) is 2.84. The number of carbonyl (C=O) groups is 3. The molecule has 1 rings (SSSR count). The fraction of sp³-hybridized carbons (Fsp3) is 0.400. The lowest BCUT2D eigenvalue weighted by Crippen LogP contribution is -2.38. The van der Waals surface area contributed by atoms with Crippen molar-refractivity contribution in [2.24, 2.45) is 0 Å². The van der Waals surface area contributed by atoms with Crippen LogP contribution in [0.25, 0.3) is 0 Å². The quantitative estimate of drug-likeness (QED) is 0.272. The average molecular weight is 158 g/mol. The normalized spacial score (nSPS) is 22.5. The molecule has 3 amide bonds. The molecule has 0 aromatic carbocycles. The van der Waals surface area contributed by atoms with Gasteiger partial charge in [-0.2, -0.15) is 0 Å². The third kappa shape index (κ3) is 1.28. The number of urea groups is 1. The fourth-order valence-electron chi connectivity index (χ4n) is 0.701. The Labute approximate surface area is 61.9 Å². The number of ether oxygens (including phenoxy) is 1. The minimum Gasteiger partial charge on any atom is -0.467 e. The molecule has 0 saturated carbocycles. The monoisotopic (exact) mass is 158 g/mol. The first kappa shape index (κ1) is 7.52. The van der Waals surface area contributed by atoms with Gasteiger partial charge in [-0.25, -0.2) is 9.59 Å². The third-order valence-electron chi connectivity index (χ3n) is 1.21. The molecular formula is C5H6N2O4. The molecule has 0 spiro atoms. The summed E-state index contributed by atoms with van der Waals surface area (Å²) in [5.74, 6) is -1.45. The van der Waals surface area contributed by atoms with Gasteiger partial charge in [-0.3, -0.25) is 10.1 Å². The molecule has 1 saturated heterocycles. The average Bonchev–Trinajstić information content (AvgIpc) is 2.28. The van der Waals surface area contributed by atoms with Gasteiger partial charge in [0.25, 0.3) is 5.91 Å². The van der Waals surface area contributed by atoms with Crippen molar-refractivity contribution in [3.05, 3.63) is 0 Å². The van der Waals surface area contributed by atoms with Crippen molar-refractivity contribution in [3.63, 3.8) is 0 Å². The highest BCUT2D eigenvalue weighted by molar-refractivity contribution is 6.14. The maximum absolute atomic E-state index is 10.7. The molecule has 1 atom stereocenters. The van der Waals surface area contributed by atoms with Gasteiger partial charge in [0.05, 0.1) is 7.11 Å². The third-order valence-corrected chi connectivity index (χ3v) is 1.21. The molecule has 2 N–H and O–H groups in total. The fourth-order valence-corrected chi connectivity index (χ4v) is 0.701. The van der Waals surface area contributed by atoms with Crippen LogP contribution in [0.3, 0.4) is 0 Å². The zero-order chi connectivity index (χ0) is 8.43. The second-order valence-electron chi connectivity index (χ2n) is 1.92. The van der Waals surface area contributed by atoms with Crippen molar-refractivity contribution in [2.75, 3.05) is 7.11 Å². The van der Waals surface area contributed by atoms with Crippen LogP contribution in [0.4, 0.5) is 4.79 Å². The van der Waals surface area contributed by atoms with E-state index in [1.165, 1.54) is 0 Å². The number of hydrogen-bond donors (Lipinski definition) is 2. The van der Waals surface area contributed by atoms with Crippen LogP contribution >= 0.6 is 0 Å². The van der Waals surface area contributed by atoms with Crippen molar-refractivity contribution in [3.8, 4) is 0 Å². The van der Waals surface area contributed by atoms with Crippen LogP contribution in [0.15, 0.2) is 0 Å². The van der Waals surface area contributed by atoms with Crippen LogP contribution in [0.5, 0.6) is 0 Å². The molecular weight excluding hydrogens is 152 g/mol. The smallest absolute Gasteiger partial charge is 0.338 e. The summed E-state index contributed by atoms with van der Waals surface area (Å²) in [6, 6.07) is -1.86. The molecule has 1 unspecified atom stereocenters. The lowest BCUT2D eigenvalue weighted by Gasteiger charge is -2.01. The van der Waals surface area contributed by atoms with Crippen LogP contribution in [0.2, 0.25) is 0 Å². The number of nitrogens with one attached hydrogen (secondary N) is 2. The number of imide groups is 1. The lowest BCUT2D eigenvalue weighted by atomic mass is 10.3. The van der Waals surface area contributed by atoms with Crippen LogP contribution in [-0.2, 0) is 14.3 Å². The van der Waals surface area contributed by atoms with E-state index in [2.05, 4.69) is 10.1 Å². The second-order valence-corrected chi connectivity index (χ2v) is 1.92. The summed E-state index contributed by atoms with van der Waals surface area (Å²) >= 11 is 0. The number of esters is 1. The summed E-state index contributed by atoms with van der Waals surface area (Å²) in [6.07, 6.45) is 0. The molecule has 1 aliphatic rings. The number of hydrogen-bond acceptors (Lipinski definition) is 4. The molecule has 1 aliphatic heterocycles. The number of methoxy groups -OCH3 is 1. The predicted octanol–water partition coefficient (Wildman–Crippen LogP) is -1.63. The predicted molar refractivity (Wildman–Crippen MR) is 32.5 cm³/mol. The molecule has 0 aliphatic carbocycles. The topological polar surface area (TPSA) is 84.5 Å². The molecule has 1 fully saturated rings. The Hall–Kier alpha value is -1.59. The van der Waals surface area contributed by atoms with E-state index in [0.717, 1.165) is 7.11 Å². The molecule has 0 radical (unpaired) electrons. The molecule has 60 valence electrons. The van der Waals surface area contributed by atoms with Gasteiger partial charge in [-0.15, -0.1) is 0 Å². The Morgan fingerprint density at radius 2 is 2.18 bits per heavy atom. The SMILES string of the molecule is COC(=O)C1NC(=O)NC1=O. The van der Waals surface area contributed by atoms with E-state index < -0.39 is 23.9 Å². The van der Waals surface area contributed by atoms with E-state index in [1.54, 1.807) is 0 Å². The van der Waals surface area contributed by atoms with Crippen molar-refractivity contribution >= 4 is 17.9 Å². The van der Waals surface area contributed by atoms with E-state index >= 15 is 0 Å². The van der Waals surface area contributed by atoms with E-state index in [1.807, 2.05) is 5.32 Å². The van der Waals surface area contributed by atoms with Gasteiger partial charge in [0.1, 0.15) is 0 Å². The van der Waals surface area contributed by atoms with Gasteiger partial charge in [-0.05, 0) is 0 Å². The van der Waals surface area contributed by atoms with Gasteiger partial charge in [0.15, 0.2) is 0 Å². The van der Waals surface area contributed by atoms with Gasteiger partial charge >= 0.3 is 12.0 Å². The van der Waals surface area contributed by atoms with E-state index in [-0.39, 0.29) is 0 Å². The van der Waals surface area contributed by atoms with Crippen LogP contribution in [0, 0.1) is 0 Å². The first-order valence-corrected chi connectivity index (χ1v) is 2.84. The van der Waals surface area contributed by atoms with Gasteiger partial charge in [0.2, 0.25) is 6.04 Å². The minimum atomic E-state index is -1.19. The van der Waals surface area contributed by atoms with Crippen molar-refractivity contribution < 1.29 is 19.1 Å². The second kappa shape index (κ2) is 2.57. The highest BCUT2D eigenvalue weighted by Gasteiger charge is 2.36. The van der Waals surface area contributed by atoms with E-state index in [4.69, 9.17) is 0 Å². The Kier molecular flexibility index (Phi) is 1.75. The molecule has 11 heavy (non-hydrogen) atoms. The van der Waals surface area contributed by atoms with E-state index in [9.17, 15) is 14.4 Å². The van der Waals surface area contributed by atoms with Crippen LogP contribution in [0.1, 0.15) is 0 Å². The lowest BCUT2D eigenvalue weighted by molar-refractivity contribution is -0.145. The summed E-state index contributed by atoms with van der Waals surface area (Å²) < 4.78 is 4.24. The number of carbonyl (C=O) groups excluding carboxylic acids is 3. The summed E-state index contributed by atoms with van der Waals surface area (Å²) in [4.78, 5) is 31.8. The van der Waals surface area contributed by atoms with Crippen molar-refractivity contribution in [1.29, 1.82) is 0 Å². The van der Waals surface area contributed by atoms with Gasteiger partial charge in [0, 0.05) is 0 Å². The van der Waals surface area contributed by atoms with Crippen molar-refractivity contribution in [1.82, 2.24) is 10.6 Å². The summed E-state index contributed by atoms with van der Waals surface area (Å²) in [5, 5.41) is 3.97. The molecule has 1 heterocycles. The number of rotatable bonds is 1. The van der Waals surface area contributed by atoms with Gasteiger partial charge < -0.3 is 10.1 Å². The molecule has 0 aromatic rings. The van der Waals surface area contributed by atoms with Gasteiger partial charge in [-0.1, -0.05) is 0 Å². The van der Waals surface area contributed by atoms with Crippen molar-refractivity contribution in [2.45, 2.75) is 6.04 Å². The zero-order valence-corrected chi connectivity index (χ0v) is 5.71. The number of amides is 3. The molecule has 0 aromatic heterocycles. The summed E-state index contributed by atoms with van der Waals surface area (Å²) in [6.45, 7) is 0. The Morgan fingerprint density at radius 1 is 1.55 bits per heavy atom. The maximum Gasteiger partial charge on any atom is 0.338 e. The van der Waals surface area contributed by atoms with Crippen LogP contribution in [-0.4, -0.2) is 31.1 Å².